The molecule has 1 amide bonds. The molecule has 0 fully saturated rings. The van der Waals surface area contributed by atoms with Gasteiger partial charge >= 0.3 is 0 Å². The maximum absolute atomic E-state index is 12.1. The van der Waals surface area contributed by atoms with Crippen molar-refractivity contribution in [2.45, 2.75) is 6.42 Å². The summed E-state index contributed by atoms with van der Waals surface area (Å²) < 4.78 is 6.05. The van der Waals surface area contributed by atoms with E-state index in [1.165, 1.54) is 0 Å². The van der Waals surface area contributed by atoms with Gasteiger partial charge in [0.2, 0.25) is 0 Å². The highest BCUT2D eigenvalue weighted by Gasteiger charge is 2.08. The van der Waals surface area contributed by atoms with E-state index in [0.29, 0.717) is 12.1 Å². The Kier molecular flexibility index (Phi) is 4.62. The highest BCUT2D eigenvalue weighted by atomic mass is 79.9. The van der Waals surface area contributed by atoms with Gasteiger partial charge in [-0.05, 0) is 52.2 Å². The zero-order valence-electron chi connectivity index (χ0n) is 12.6. The van der Waals surface area contributed by atoms with E-state index in [9.17, 15) is 4.79 Å². The number of methoxy groups -OCH3 is 1. The lowest BCUT2D eigenvalue weighted by Gasteiger charge is -2.05. The number of fused-ring (bicyclic) bond motifs is 1. The molecule has 2 N–H and O–H groups in total. The summed E-state index contributed by atoms with van der Waals surface area (Å²) in [5.41, 5.74) is 2.75. The number of carbonyl (C=O) groups excluding carboxylic acids is 1. The van der Waals surface area contributed by atoms with Gasteiger partial charge in [-0.3, -0.25) is 9.78 Å². The normalized spacial score (nSPS) is 10.7. The molecule has 3 aromatic rings. The predicted molar refractivity (Wildman–Crippen MR) is 92.8 cm³/mol. The van der Waals surface area contributed by atoms with Crippen LogP contribution in [0.25, 0.3) is 10.9 Å². The summed E-state index contributed by atoms with van der Waals surface area (Å²) in [6.07, 6.45) is 5.91. The van der Waals surface area contributed by atoms with Gasteiger partial charge in [0.15, 0.2) is 0 Å². The van der Waals surface area contributed by atoms with Gasteiger partial charge in [0, 0.05) is 40.5 Å². The second-order valence-corrected chi connectivity index (χ2v) is 6.04. The third kappa shape index (κ3) is 3.53. The molecule has 118 valence electrons. The molecule has 0 atom stereocenters. The minimum atomic E-state index is -0.128. The largest absolute Gasteiger partial charge is 0.497 e. The van der Waals surface area contributed by atoms with Crippen LogP contribution < -0.4 is 10.1 Å². The minimum absolute atomic E-state index is 0.128. The highest BCUT2D eigenvalue weighted by Crippen LogP contribution is 2.23. The first-order valence-electron chi connectivity index (χ1n) is 7.20. The van der Waals surface area contributed by atoms with Crippen LogP contribution in [0.5, 0.6) is 5.75 Å². The van der Waals surface area contributed by atoms with Crippen LogP contribution in [0.1, 0.15) is 15.9 Å². The molecule has 5 nitrogen and oxygen atoms in total. The molecule has 3 rings (SSSR count). The Morgan fingerprint density at radius 3 is 3.00 bits per heavy atom. The monoisotopic (exact) mass is 373 g/mol. The number of aromatic amines is 1. The van der Waals surface area contributed by atoms with E-state index < -0.39 is 0 Å². The van der Waals surface area contributed by atoms with Crippen LogP contribution in [0.3, 0.4) is 0 Å². The zero-order chi connectivity index (χ0) is 16.2. The Morgan fingerprint density at radius 1 is 1.35 bits per heavy atom. The molecule has 23 heavy (non-hydrogen) atoms. The van der Waals surface area contributed by atoms with Gasteiger partial charge in [-0.25, -0.2) is 0 Å². The van der Waals surface area contributed by atoms with E-state index in [1.807, 2.05) is 24.4 Å². The lowest BCUT2D eigenvalue weighted by molar-refractivity contribution is 0.0953. The van der Waals surface area contributed by atoms with Gasteiger partial charge < -0.3 is 15.0 Å². The second-order valence-electron chi connectivity index (χ2n) is 5.12. The molecule has 0 radical (unpaired) electrons. The SMILES string of the molecule is COc1ccc2[nH]cc(CCNC(=O)c3cncc(Br)c3)c2c1. The smallest absolute Gasteiger partial charge is 0.252 e. The fourth-order valence-corrected chi connectivity index (χ4v) is 2.80. The quantitative estimate of drug-likeness (QED) is 0.720. The van der Waals surface area contributed by atoms with Crippen molar-refractivity contribution in [1.82, 2.24) is 15.3 Å². The number of amides is 1. The maximum Gasteiger partial charge on any atom is 0.252 e. The van der Waals surface area contributed by atoms with Crippen molar-refractivity contribution in [3.8, 4) is 5.75 Å². The summed E-state index contributed by atoms with van der Waals surface area (Å²) in [6.45, 7) is 0.551. The van der Waals surface area contributed by atoms with Gasteiger partial charge in [-0.15, -0.1) is 0 Å². The van der Waals surface area contributed by atoms with E-state index >= 15 is 0 Å². The van der Waals surface area contributed by atoms with Crippen molar-refractivity contribution in [2.24, 2.45) is 0 Å². The number of H-pyrrole nitrogens is 1. The summed E-state index contributed by atoms with van der Waals surface area (Å²) in [4.78, 5) is 19.3. The van der Waals surface area contributed by atoms with Crippen LogP contribution >= 0.6 is 15.9 Å². The first-order valence-corrected chi connectivity index (χ1v) is 7.99. The number of ether oxygens (including phenoxy) is 1. The molecular weight excluding hydrogens is 358 g/mol. The van der Waals surface area contributed by atoms with Crippen molar-refractivity contribution >= 4 is 32.7 Å². The molecule has 2 aromatic heterocycles. The molecule has 0 spiro atoms. The van der Waals surface area contributed by atoms with Gasteiger partial charge in [0.1, 0.15) is 5.75 Å². The van der Waals surface area contributed by atoms with Crippen molar-refractivity contribution < 1.29 is 9.53 Å². The first-order chi connectivity index (χ1) is 11.2. The number of nitrogens with zero attached hydrogens (tertiary/aromatic N) is 1. The topological polar surface area (TPSA) is 67.0 Å². The number of aromatic nitrogens is 2. The van der Waals surface area contributed by atoms with Crippen LogP contribution in [-0.2, 0) is 6.42 Å². The van der Waals surface area contributed by atoms with Crippen LogP contribution in [-0.4, -0.2) is 29.5 Å². The van der Waals surface area contributed by atoms with Crippen LogP contribution in [0.2, 0.25) is 0 Å². The number of nitrogens with one attached hydrogen (secondary N) is 2. The first kappa shape index (κ1) is 15.6. The molecule has 0 aliphatic carbocycles. The number of carbonyl (C=O) groups is 1. The Hall–Kier alpha value is -2.34. The number of halogens is 1. The molecule has 1 aromatic carbocycles. The van der Waals surface area contributed by atoms with E-state index in [0.717, 1.165) is 33.1 Å². The summed E-state index contributed by atoms with van der Waals surface area (Å²) in [5, 5.41) is 4.03. The van der Waals surface area contributed by atoms with Crippen LogP contribution in [0.15, 0.2) is 47.3 Å². The van der Waals surface area contributed by atoms with Crippen molar-refractivity contribution in [3.05, 3.63) is 58.5 Å². The second kappa shape index (κ2) is 6.83. The maximum atomic E-state index is 12.1. The zero-order valence-corrected chi connectivity index (χ0v) is 14.2. The van der Waals surface area contributed by atoms with E-state index in [1.54, 1.807) is 25.6 Å². The molecule has 0 aliphatic rings. The van der Waals surface area contributed by atoms with Gasteiger partial charge in [-0.2, -0.15) is 0 Å². The number of rotatable bonds is 5. The fraction of sp³-hybridized carbons (Fsp3) is 0.176. The predicted octanol–water partition coefficient (Wildman–Crippen LogP) is 3.31. The molecule has 6 heteroatoms. The summed E-state index contributed by atoms with van der Waals surface area (Å²) in [6, 6.07) is 7.66. The molecule has 2 heterocycles. The van der Waals surface area contributed by atoms with E-state index in [4.69, 9.17) is 4.74 Å². The van der Waals surface area contributed by atoms with Crippen molar-refractivity contribution in [1.29, 1.82) is 0 Å². The number of hydrogen-bond acceptors (Lipinski definition) is 3. The van der Waals surface area contributed by atoms with Gasteiger partial charge in [-0.1, -0.05) is 0 Å². The number of benzene rings is 1. The van der Waals surface area contributed by atoms with Crippen LogP contribution in [0.4, 0.5) is 0 Å². The Bertz CT molecular complexity index is 845. The Labute approximate surface area is 142 Å². The molecule has 0 saturated heterocycles. The third-order valence-electron chi connectivity index (χ3n) is 3.62. The van der Waals surface area contributed by atoms with Crippen LogP contribution in [0, 0.1) is 0 Å². The molecule has 0 bridgehead atoms. The summed E-state index contributed by atoms with van der Waals surface area (Å²) >= 11 is 3.31. The van der Waals surface area contributed by atoms with Crippen molar-refractivity contribution in [3.63, 3.8) is 0 Å². The fourth-order valence-electron chi connectivity index (χ4n) is 2.44. The lowest BCUT2D eigenvalue weighted by Crippen LogP contribution is -2.25. The number of hydrogen-bond donors (Lipinski definition) is 2. The Morgan fingerprint density at radius 2 is 2.22 bits per heavy atom. The average molecular weight is 374 g/mol. The highest BCUT2D eigenvalue weighted by molar-refractivity contribution is 9.10. The minimum Gasteiger partial charge on any atom is -0.497 e. The molecular formula is C17H16BrN3O2. The standard InChI is InChI=1S/C17H16BrN3O2/c1-23-14-2-3-16-15(7-14)11(9-21-16)4-5-20-17(22)12-6-13(18)10-19-8-12/h2-3,6-10,21H,4-5H2,1H3,(H,20,22). The summed E-state index contributed by atoms with van der Waals surface area (Å²) in [5.74, 6) is 0.693. The average Bonchev–Trinajstić information content (AvgIpc) is 2.97. The third-order valence-corrected chi connectivity index (χ3v) is 4.06. The Balaban J connectivity index is 1.66. The number of pyridine rings is 1. The van der Waals surface area contributed by atoms with E-state index in [2.05, 4.69) is 31.2 Å². The molecule has 0 aliphatic heterocycles. The molecule has 0 unspecified atom stereocenters. The van der Waals surface area contributed by atoms with E-state index in [-0.39, 0.29) is 5.91 Å². The van der Waals surface area contributed by atoms with Gasteiger partial charge in [0.05, 0.1) is 12.7 Å². The summed E-state index contributed by atoms with van der Waals surface area (Å²) in [7, 11) is 1.65. The molecule has 0 saturated carbocycles. The van der Waals surface area contributed by atoms with Gasteiger partial charge in [0.25, 0.3) is 5.91 Å². The van der Waals surface area contributed by atoms with Crippen molar-refractivity contribution in [2.75, 3.05) is 13.7 Å². The lowest BCUT2D eigenvalue weighted by atomic mass is 10.1.